The fourth-order valence-electron chi connectivity index (χ4n) is 4.52. The van der Waals surface area contributed by atoms with Gasteiger partial charge in [-0.05, 0) is 75.5 Å². The van der Waals surface area contributed by atoms with Crippen molar-refractivity contribution in [1.29, 1.82) is 0 Å². The Bertz CT molecular complexity index is 749. The predicted molar refractivity (Wildman–Crippen MR) is 96.0 cm³/mol. The molecule has 0 spiro atoms. The number of aromatic nitrogens is 1. The van der Waals surface area contributed by atoms with E-state index in [0.29, 0.717) is 0 Å². The summed E-state index contributed by atoms with van der Waals surface area (Å²) in [6, 6.07) is 10.7. The minimum atomic E-state index is -0.961. The fourth-order valence-corrected chi connectivity index (χ4v) is 4.52. The summed E-state index contributed by atoms with van der Waals surface area (Å²) in [6.07, 6.45) is 5.78. The molecule has 1 N–H and O–H groups in total. The van der Waals surface area contributed by atoms with Gasteiger partial charge >= 0.3 is 0 Å². The summed E-state index contributed by atoms with van der Waals surface area (Å²) in [5.41, 5.74) is 4.76. The molecule has 1 aromatic heterocycles. The van der Waals surface area contributed by atoms with Crippen molar-refractivity contribution in [2.75, 3.05) is 20.1 Å². The van der Waals surface area contributed by atoms with Crippen LogP contribution in [0, 0.1) is 12.8 Å². The van der Waals surface area contributed by atoms with Crippen molar-refractivity contribution in [3.8, 4) is 0 Å². The molecule has 0 radical (unpaired) electrons. The lowest BCUT2D eigenvalue weighted by atomic mass is 9.72. The number of rotatable bonds is 1. The first-order valence-electron chi connectivity index (χ1n) is 9.04. The van der Waals surface area contributed by atoms with E-state index in [0.717, 1.165) is 50.0 Å². The number of hydrogen-bond acceptors (Lipinski definition) is 3. The number of piperidine rings is 1. The van der Waals surface area contributed by atoms with Crippen LogP contribution < -0.4 is 0 Å². The van der Waals surface area contributed by atoms with Crippen molar-refractivity contribution in [2.24, 2.45) is 5.92 Å². The summed E-state index contributed by atoms with van der Waals surface area (Å²) in [5.74, 6) is 0.224. The van der Waals surface area contributed by atoms with Gasteiger partial charge in [-0.15, -0.1) is 0 Å². The molecule has 1 atom stereocenters. The van der Waals surface area contributed by atoms with Gasteiger partial charge in [-0.3, -0.25) is 4.98 Å². The van der Waals surface area contributed by atoms with Gasteiger partial charge in [-0.25, -0.2) is 0 Å². The van der Waals surface area contributed by atoms with E-state index in [1.54, 1.807) is 0 Å². The maximum atomic E-state index is 12.1. The molecular weight excluding hydrogens is 296 g/mol. The van der Waals surface area contributed by atoms with Crippen molar-refractivity contribution in [3.63, 3.8) is 0 Å². The first-order valence-corrected chi connectivity index (χ1v) is 9.04. The van der Waals surface area contributed by atoms with Crippen LogP contribution in [0.4, 0.5) is 0 Å². The van der Waals surface area contributed by atoms with Gasteiger partial charge in [-0.1, -0.05) is 29.8 Å². The molecule has 4 rings (SSSR count). The second-order valence-electron chi connectivity index (χ2n) is 7.52. The van der Waals surface area contributed by atoms with Crippen LogP contribution in [0.1, 0.15) is 40.8 Å². The zero-order valence-electron chi connectivity index (χ0n) is 14.6. The number of likely N-dealkylation sites (tertiary alicyclic amines) is 1. The molecule has 2 heterocycles. The molecule has 3 heteroatoms. The van der Waals surface area contributed by atoms with Crippen LogP contribution in [0.25, 0.3) is 0 Å². The van der Waals surface area contributed by atoms with Crippen molar-refractivity contribution in [1.82, 2.24) is 9.88 Å². The smallest absolute Gasteiger partial charge is 0.135 e. The molecule has 1 aromatic carbocycles. The molecule has 1 aliphatic carbocycles. The Kier molecular flexibility index (Phi) is 3.93. The van der Waals surface area contributed by atoms with Gasteiger partial charge < -0.3 is 10.0 Å². The number of pyridine rings is 1. The molecule has 1 fully saturated rings. The third kappa shape index (κ3) is 2.47. The zero-order chi connectivity index (χ0) is 16.7. The largest absolute Gasteiger partial charge is 0.378 e. The Hall–Kier alpha value is -1.71. The van der Waals surface area contributed by atoms with E-state index >= 15 is 0 Å². The number of nitrogens with zero attached hydrogens (tertiary/aromatic N) is 2. The van der Waals surface area contributed by atoms with E-state index < -0.39 is 5.60 Å². The summed E-state index contributed by atoms with van der Waals surface area (Å²) in [5, 5.41) is 12.1. The summed E-state index contributed by atoms with van der Waals surface area (Å²) >= 11 is 0. The molecule has 1 saturated heterocycles. The average Bonchev–Trinajstić information content (AvgIpc) is 2.71. The summed E-state index contributed by atoms with van der Waals surface area (Å²) in [4.78, 5) is 7.04. The lowest BCUT2D eigenvalue weighted by molar-refractivity contribution is -0.0148. The van der Waals surface area contributed by atoms with Gasteiger partial charge in [0.15, 0.2) is 0 Å². The molecular formula is C21H26N2O. The molecule has 2 aliphatic rings. The Morgan fingerprint density at radius 1 is 1.12 bits per heavy atom. The topological polar surface area (TPSA) is 36.4 Å². The van der Waals surface area contributed by atoms with Crippen LogP contribution in [0.15, 0.2) is 36.5 Å². The van der Waals surface area contributed by atoms with Gasteiger partial charge in [0.05, 0.1) is 5.69 Å². The van der Waals surface area contributed by atoms with Crippen LogP contribution >= 0.6 is 0 Å². The number of aliphatic hydroxyl groups is 1. The highest BCUT2D eigenvalue weighted by Gasteiger charge is 2.45. The number of fused-ring (bicyclic) bond motifs is 2. The lowest BCUT2D eigenvalue weighted by Gasteiger charge is -2.41. The molecule has 2 aromatic rings. The summed E-state index contributed by atoms with van der Waals surface area (Å²) < 4.78 is 0. The van der Waals surface area contributed by atoms with Gasteiger partial charge in [0, 0.05) is 12.1 Å². The van der Waals surface area contributed by atoms with E-state index in [-0.39, 0.29) is 5.92 Å². The SMILES string of the molecule is Cc1ccc2c(c1)CCc1cccnc1C2(O)C1CCN(C)CC1. The molecule has 0 saturated carbocycles. The number of hydrogen-bond donors (Lipinski definition) is 1. The van der Waals surface area contributed by atoms with Crippen molar-refractivity contribution in [2.45, 2.75) is 38.2 Å². The third-order valence-corrected chi connectivity index (χ3v) is 5.90. The molecule has 24 heavy (non-hydrogen) atoms. The van der Waals surface area contributed by atoms with Gasteiger partial charge in [-0.2, -0.15) is 0 Å². The quantitative estimate of drug-likeness (QED) is 0.876. The first kappa shape index (κ1) is 15.8. The number of aryl methyl sites for hydroxylation is 3. The fraction of sp³-hybridized carbons (Fsp3) is 0.476. The molecule has 126 valence electrons. The highest BCUT2D eigenvalue weighted by atomic mass is 16.3. The van der Waals surface area contributed by atoms with E-state index in [2.05, 4.69) is 48.1 Å². The molecule has 1 unspecified atom stereocenters. The van der Waals surface area contributed by atoms with E-state index in [1.807, 2.05) is 12.3 Å². The van der Waals surface area contributed by atoms with Crippen LogP contribution in [0.3, 0.4) is 0 Å². The van der Waals surface area contributed by atoms with Gasteiger partial charge in [0.2, 0.25) is 0 Å². The first-order chi connectivity index (χ1) is 11.6. The van der Waals surface area contributed by atoms with Gasteiger partial charge in [0.25, 0.3) is 0 Å². The lowest BCUT2D eigenvalue weighted by Crippen LogP contribution is -2.44. The molecule has 1 aliphatic heterocycles. The normalized spacial score (nSPS) is 25.0. The van der Waals surface area contributed by atoms with Crippen LogP contribution in [-0.2, 0) is 18.4 Å². The Balaban J connectivity index is 1.90. The van der Waals surface area contributed by atoms with Crippen LogP contribution in [0.2, 0.25) is 0 Å². The second kappa shape index (κ2) is 5.98. The van der Waals surface area contributed by atoms with E-state index in [4.69, 9.17) is 0 Å². The Morgan fingerprint density at radius 2 is 1.88 bits per heavy atom. The van der Waals surface area contributed by atoms with Gasteiger partial charge in [0.1, 0.15) is 5.60 Å². The highest BCUT2D eigenvalue weighted by Crippen LogP contribution is 2.45. The minimum absolute atomic E-state index is 0.224. The van der Waals surface area contributed by atoms with Crippen molar-refractivity contribution >= 4 is 0 Å². The molecule has 0 amide bonds. The van der Waals surface area contributed by atoms with Crippen LogP contribution in [0.5, 0.6) is 0 Å². The number of benzene rings is 1. The maximum Gasteiger partial charge on any atom is 0.135 e. The Morgan fingerprint density at radius 3 is 2.67 bits per heavy atom. The second-order valence-corrected chi connectivity index (χ2v) is 7.52. The minimum Gasteiger partial charge on any atom is -0.378 e. The third-order valence-electron chi connectivity index (χ3n) is 5.90. The monoisotopic (exact) mass is 322 g/mol. The van der Waals surface area contributed by atoms with E-state index in [9.17, 15) is 5.11 Å². The van der Waals surface area contributed by atoms with Crippen LogP contribution in [-0.4, -0.2) is 35.1 Å². The van der Waals surface area contributed by atoms with E-state index in [1.165, 1.54) is 16.7 Å². The molecule has 3 nitrogen and oxygen atoms in total. The predicted octanol–water partition coefficient (Wildman–Crippen LogP) is 3.07. The summed E-state index contributed by atoms with van der Waals surface area (Å²) in [7, 11) is 2.16. The standard InChI is InChI=1S/C21H26N2O/c1-15-5-8-19-17(14-15)7-6-16-4-3-11-22-20(16)21(19,24)18-9-12-23(2)13-10-18/h3-5,8,11,14,18,24H,6-7,9-10,12-13H2,1-2H3. The Labute approximate surface area is 144 Å². The van der Waals surface area contributed by atoms with Crippen molar-refractivity contribution < 1.29 is 5.11 Å². The zero-order valence-corrected chi connectivity index (χ0v) is 14.6. The average molecular weight is 322 g/mol. The highest BCUT2D eigenvalue weighted by molar-refractivity contribution is 5.46. The maximum absolute atomic E-state index is 12.1. The molecule has 0 bridgehead atoms. The summed E-state index contributed by atoms with van der Waals surface area (Å²) in [6.45, 7) is 4.21. The van der Waals surface area contributed by atoms with Crippen molar-refractivity contribution in [3.05, 3.63) is 64.5 Å².